The Balaban J connectivity index is 1.48. The van der Waals surface area contributed by atoms with Crippen LogP contribution in [0.1, 0.15) is 74.6 Å². The second kappa shape index (κ2) is 9.63. The van der Waals surface area contributed by atoms with Crippen LogP contribution in [0.15, 0.2) is 47.4 Å². The Kier molecular flexibility index (Phi) is 6.97. The third kappa shape index (κ3) is 4.50. The summed E-state index contributed by atoms with van der Waals surface area (Å²) in [5, 5.41) is -0.422. The van der Waals surface area contributed by atoms with Crippen LogP contribution in [0.25, 0.3) is 0 Å². The summed E-state index contributed by atoms with van der Waals surface area (Å²) in [6, 6.07) is 15.0. The SMILES string of the molecule is Cc1ccc(S(=O)C2C[C@H]3[C@@H]4CCc5cc(C(C)(C)C)ccc5[C@H]4CC[C@]3(CO[Si](C)C)C2=O)cc1. The fourth-order valence-electron chi connectivity index (χ4n) is 7.17. The van der Waals surface area contributed by atoms with Crippen molar-refractivity contribution in [2.75, 3.05) is 6.61 Å². The molecule has 5 rings (SSSR count). The van der Waals surface area contributed by atoms with Crippen LogP contribution in [0, 0.1) is 24.2 Å². The predicted molar refractivity (Wildman–Crippen MR) is 149 cm³/mol. The van der Waals surface area contributed by atoms with Gasteiger partial charge in [-0.05, 0) is 104 Å². The first-order valence-corrected chi connectivity index (χ1v) is 17.2. The van der Waals surface area contributed by atoms with Gasteiger partial charge < -0.3 is 4.43 Å². The second-order valence-electron chi connectivity index (χ2n) is 12.7. The largest absolute Gasteiger partial charge is 0.416 e. The first-order valence-electron chi connectivity index (χ1n) is 13.6. The van der Waals surface area contributed by atoms with Gasteiger partial charge in [0.15, 0.2) is 5.78 Å². The van der Waals surface area contributed by atoms with Crippen LogP contribution in [0.4, 0.5) is 0 Å². The van der Waals surface area contributed by atoms with Crippen LogP contribution in [-0.2, 0) is 31.9 Å². The normalized spacial score (nSPS) is 30.6. The van der Waals surface area contributed by atoms with Crippen molar-refractivity contribution in [3.05, 3.63) is 64.7 Å². The lowest BCUT2D eigenvalue weighted by molar-refractivity contribution is -0.133. The number of carbonyl (C=O) groups excluding carboxylic acids is 1. The smallest absolute Gasteiger partial charge is 0.204 e. The molecule has 1 radical (unpaired) electrons. The Morgan fingerprint density at radius 3 is 2.47 bits per heavy atom. The van der Waals surface area contributed by atoms with Crippen molar-refractivity contribution in [1.82, 2.24) is 0 Å². The molecule has 2 saturated carbocycles. The van der Waals surface area contributed by atoms with Crippen LogP contribution in [0.2, 0.25) is 13.1 Å². The maximum atomic E-state index is 14.2. The minimum atomic E-state index is -1.32. The number of fused-ring (bicyclic) bond motifs is 5. The molecule has 0 spiro atoms. The molecule has 2 aromatic rings. The Morgan fingerprint density at radius 2 is 1.81 bits per heavy atom. The van der Waals surface area contributed by atoms with Gasteiger partial charge in [0.25, 0.3) is 0 Å². The highest BCUT2D eigenvalue weighted by Crippen LogP contribution is 2.60. The molecule has 0 saturated heterocycles. The lowest BCUT2D eigenvalue weighted by Gasteiger charge is -2.49. The van der Waals surface area contributed by atoms with Crippen molar-refractivity contribution in [2.45, 2.75) is 94.4 Å². The van der Waals surface area contributed by atoms with E-state index in [9.17, 15) is 9.00 Å². The number of rotatable bonds is 5. The molecule has 5 heteroatoms. The molecule has 0 aliphatic heterocycles. The Morgan fingerprint density at radius 1 is 1.08 bits per heavy atom. The van der Waals surface area contributed by atoms with Crippen LogP contribution in [-0.4, -0.2) is 30.9 Å². The summed E-state index contributed by atoms with van der Waals surface area (Å²) in [6.07, 6.45) is 4.80. The summed E-state index contributed by atoms with van der Waals surface area (Å²) in [5.41, 5.74) is 5.23. The van der Waals surface area contributed by atoms with Crippen LogP contribution < -0.4 is 0 Å². The number of benzene rings is 2. The molecule has 3 aliphatic carbocycles. The van der Waals surface area contributed by atoms with Crippen molar-refractivity contribution in [3.8, 4) is 0 Å². The molecule has 36 heavy (non-hydrogen) atoms. The summed E-state index contributed by atoms with van der Waals surface area (Å²) >= 11 is 0. The van der Waals surface area contributed by atoms with E-state index < -0.39 is 30.5 Å². The third-order valence-electron chi connectivity index (χ3n) is 9.18. The van der Waals surface area contributed by atoms with Crippen molar-refractivity contribution < 1.29 is 13.4 Å². The summed E-state index contributed by atoms with van der Waals surface area (Å²) in [7, 11) is -2.24. The van der Waals surface area contributed by atoms with Gasteiger partial charge in [-0.2, -0.15) is 0 Å². The molecule has 2 unspecified atom stereocenters. The molecule has 0 aromatic heterocycles. The van der Waals surface area contributed by atoms with Crippen LogP contribution >= 0.6 is 0 Å². The monoisotopic (exact) mass is 521 g/mol. The van der Waals surface area contributed by atoms with Gasteiger partial charge in [-0.3, -0.25) is 9.00 Å². The first-order chi connectivity index (χ1) is 17.0. The molecule has 193 valence electrons. The number of ketones is 1. The Hall–Kier alpha value is -1.56. The Bertz CT molecular complexity index is 1170. The van der Waals surface area contributed by atoms with Crippen LogP contribution in [0.5, 0.6) is 0 Å². The zero-order valence-electron chi connectivity index (χ0n) is 22.7. The van der Waals surface area contributed by atoms with E-state index in [4.69, 9.17) is 4.43 Å². The minimum absolute atomic E-state index is 0.149. The highest BCUT2D eigenvalue weighted by molar-refractivity contribution is 7.86. The number of aryl methyl sites for hydroxylation is 2. The van der Waals surface area contributed by atoms with Crippen molar-refractivity contribution >= 4 is 25.6 Å². The number of hydrogen-bond acceptors (Lipinski definition) is 3. The van der Waals surface area contributed by atoms with Gasteiger partial charge in [-0.15, -0.1) is 0 Å². The number of carbonyl (C=O) groups is 1. The summed E-state index contributed by atoms with van der Waals surface area (Å²) in [6.45, 7) is 13.7. The molecule has 0 bridgehead atoms. The van der Waals surface area contributed by atoms with Gasteiger partial charge >= 0.3 is 0 Å². The summed E-state index contributed by atoms with van der Waals surface area (Å²) in [5.74, 6) is 1.42. The molecule has 3 aliphatic rings. The highest BCUT2D eigenvalue weighted by Gasteiger charge is 2.62. The quantitative estimate of drug-likeness (QED) is 0.409. The van der Waals surface area contributed by atoms with E-state index in [1.54, 1.807) is 0 Å². The van der Waals surface area contributed by atoms with Crippen LogP contribution in [0.3, 0.4) is 0 Å². The van der Waals surface area contributed by atoms with E-state index in [1.807, 2.05) is 31.2 Å². The van der Waals surface area contributed by atoms with Gasteiger partial charge in [0, 0.05) is 11.5 Å². The Labute approximate surface area is 221 Å². The zero-order chi connectivity index (χ0) is 25.8. The molecule has 3 nitrogen and oxygen atoms in total. The molecule has 2 aromatic carbocycles. The number of hydrogen-bond donors (Lipinski definition) is 0. The third-order valence-corrected chi connectivity index (χ3v) is 11.6. The molecule has 2 fully saturated rings. The average molecular weight is 522 g/mol. The molecule has 0 N–H and O–H groups in total. The van der Waals surface area contributed by atoms with E-state index >= 15 is 0 Å². The van der Waals surface area contributed by atoms with Gasteiger partial charge in [0.1, 0.15) is 0 Å². The lowest BCUT2D eigenvalue weighted by Crippen LogP contribution is -2.48. The lowest BCUT2D eigenvalue weighted by atomic mass is 9.55. The highest BCUT2D eigenvalue weighted by atomic mass is 32.2. The second-order valence-corrected chi connectivity index (χ2v) is 16.4. The van der Waals surface area contributed by atoms with Crippen molar-refractivity contribution in [2.24, 2.45) is 17.3 Å². The maximum Gasteiger partial charge on any atom is 0.204 e. The topological polar surface area (TPSA) is 43.4 Å². The minimum Gasteiger partial charge on any atom is -0.416 e. The van der Waals surface area contributed by atoms with Crippen molar-refractivity contribution in [3.63, 3.8) is 0 Å². The van der Waals surface area contributed by atoms with E-state index in [1.165, 1.54) is 16.7 Å². The van der Waals surface area contributed by atoms with Crippen molar-refractivity contribution in [1.29, 1.82) is 0 Å². The molecular weight excluding hydrogens is 480 g/mol. The molecular formula is C31H41O3SSi. The first kappa shape index (κ1) is 26.1. The maximum absolute atomic E-state index is 14.2. The van der Waals surface area contributed by atoms with Gasteiger partial charge in [-0.1, -0.05) is 56.7 Å². The fourth-order valence-corrected chi connectivity index (χ4v) is 9.26. The molecule has 0 heterocycles. The zero-order valence-corrected chi connectivity index (χ0v) is 24.5. The van der Waals surface area contributed by atoms with E-state index in [2.05, 4.69) is 52.1 Å². The fraction of sp³-hybridized carbons (Fsp3) is 0.581. The van der Waals surface area contributed by atoms with E-state index in [-0.39, 0.29) is 17.1 Å². The van der Waals surface area contributed by atoms with E-state index in [0.29, 0.717) is 18.4 Å². The van der Waals surface area contributed by atoms with Gasteiger partial charge in [0.05, 0.1) is 21.5 Å². The molecule has 6 atom stereocenters. The predicted octanol–water partition coefficient (Wildman–Crippen LogP) is 6.75. The van der Waals surface area contributed by atoms with Gasteiger partial charge in [0.2, 0.25) is 9.04 Å². The van der Waals surface area contributed by atoms with Gasteiger partial charge in [-0.25, -0.2) is 0 Å². The summed E-state index contributed by atoms with van der Waals surface area (Å²) < 4.78 is 20.0. The van der Waals surface area contributed by atoms with E-state index in [0.717, 1.165) is 42.6 Å². The summed E-state index contributed by atoms with van der Waals surface area (Å²) in [4.78, 5) is 15.0. The standard InChI is InChI=1S/C31H41O3SSi/c1-20-7-11-23(12-8-20)35(33)28-18-27-26-13-9-21-17-22(30(2,3)4)10-14-24(21)25(26)15-16-31(27,29(28)32)19-34-36(5)6/h7-8,10-12,14,17,25-28H,9,13,15-16,18-19H2,1-6H3/t25-,26-,27+,28?,31-,35?/m1/s1. The molecule has 0 amide bonds. The average Bonchev–Trinajstić information content (AvgIpc) is 3.14. The number of Topliss-reactive ketones (excluding diaryl/α,β-unsaturated/α-hetero) is 1.